The first-order valence-electron chi connectivity index (χ1n) is 33.7. The minimum Gasteiger partial charge on any atom is -0.394 e. The molecule has 0 radical (unpaired) electrons. The van der Waals surface area contributed by atoms with Gasteiger partial charge in [0.25, 0.3) is 0 Å². The summed E-state index contributed by atoms with van der Waals surface area (Å²) >= 11 is 0. The molecule has 0 aliphatic carbocycles. The van der Waals surface area contributed by atoms with Crippen molar-refractivity contribution >= 4 is 5.91 Å². The highest BCUT2D eigenvalue weighted by Crippen LogP contribution is 2.30. The van der Waals surface area contributed by atoms with E-state index in [4.69, 9.17) is 18.9 Å². The van der Waals surface area contributed by atoms with Crippen LogP contribution in [0.15, 0.2) is 158 Å². The molecule has 14 nitrogen and oxygen atoms in total. The van der Waals surface area contributed by atoms with Gasteiger partial charge in [-0.3, -0.25) is 4.79 Å². The molecule has 14 heteroatoms. The van der Waals surface area contributed by atoms with Gasteiger partial charge in [-0.05, 0) is 122 Å². The van der Waals surface area contributed by atoms with Crippen molar-refractivity contribution in [1.29, 1.82) is 0 Å². The van der Waals surface area contributed by atoms with E-state index in [1.807, 2.05) is 6.08 Å². The van der Waals surface area contributed by atoms with Crippen molar-refractivity contribution in [2.75, 3.05) is 19.8 Å². The van der Waals surface area contributed by atoms with E-state index in [1.165, 1.54) is 70.6 Å². The molecule has 2 rings (SSSR count). The summed E-state index contributed by atoms with van der Waals surface area (Å²) in [5, 5.41) is 87.3. The fourth-order valence-corrected chi connectivity index (χ4v) is 9.82. The van der Waals surface area contributed by atoms with Crippen LogP contribution >= 0.6 is 0 Å². The zero-order valence-corrected chi connectivity index (χ0v) is 53.9. The Morgan fingerprint density at radius 2 is 0.795 bits per heavy atom. The maximum Gasteiger partial charge on any atom is 0.220 e. The molecular formula is C74H119NO13. The number of unbranched alkanes of at least 4 members (excludes halogenated alkanes) is 15. The first-order valence-corrected chi connectivity index (χ1v) is 33.7. The molecule has 498 valence electrons. The maximum absolute atomic E-state index is 13.3. The van der Waals surface area contributed by atoms with E-state index in [0.29, 0.717) is 12.8 Å². The minimum atomic E-state index is -1.81. The monoisotopic (exact) mass is 1230 g/mol. The number of allylic oxidation sites excluding steroid dienone is 25. The highest BCUT2D eigenvalue weighted by molar-refractivity contribution is 5.76. The van der Waals surface area contributed by atoms with Gasteiger partial charge in [-0.1, -0.05) is 236 Å². The number of aliphatic hydroxyl groups is 8. The van der Waals surface area contributed by atoms with Gasteiger partial charge in [0.2, 0.25) is 5.91 Å². The second-order valence-electron chi connectivity index (χ2n) is 22.8. The number of aliphatic hydroxyl groups excluding tert-OH is 8. The molecule has 88 heavy (non-hydrogen) atoms. The molecule has 2 heterocycles. The van der Waals surface area contributed by atoms with Crippen LogP contribution in [0.5, 0.6) is 0 Å². The predicted octanol–water partition coefficient (Wildman–Crippen LogP) is 13.4. The van der Waals surface area contributed by atoms with E-state index >= 15 is 0 Å². The van der Waals surface area contributed by atoms with Crippen molar-refractivity contribution < 1.29 is 64.6 Å². The topological polar surface area (TPSA) is 228 Å². The van der Waals surface area contributed by atoms with Crippen molar-refractivity contribution in [2.24, 2.45) is 0 Å². The average Bonchev–Trinajstić information content (AvgIpc) is 2.07. The number of amides is 1. The maximum atomic E-state index is 13.3. The Kier molecular flexibility index (Phi) is 51.2. The zero-order chi connectivity index (χ0) is 63.8. The summed E-state index contributed by atoms with van der Waals surface area (Å²) in [6.07, 6.45) is 70.0. The van der Waals surface area contributed by atoms with E-state index in [9.17, 15) is 45.6 Å². The average molecular weight is 1230 g/mol. The fourth-order valence-electron chi connectivity index (χ4n) is 9.82. The van der Waals surface area contributed by atoms with Gasteiger partial charge in [0, 0.05) is 6.42 Å². The van der Waals surface area contributed by atoms with Crippen molar-refractivity contribution in [3.8, 4) is 0 Å². The molecule has 9 N–H and O–H groups in total. The second kappa shape index (κ2) is 56.6. The van der Waals surface area contributed by atoms with Gasteiger partial charge in [0.1, 0.15) is 48.8 Å². The van der Waals surface area contributed by atoms with Crippen molar-refractivity contribution in [2.45, 2.75) is 280 Å². The van der Waals surface area contributed by atoms with Crippen LogP contribution in [0.4, 0.5) is 0 Å². The van der Waals surface area contributed by atoms with E-state index in [1.54, 1.807) is 6.08 Å². The largest absolute Gasteiger partial charge is 0.394 e. The van der Waals surface area contributed by atoms with Crippen molar-refractivity contribution in [1.82, 2.24) is 5.32 Å². The standard InChI is InChI=1S/C74H119NO13/c1-3-5-7-9-11-13-15-17-19-21-23-25-26-27-28-29-30-31-32-33-34-35-36-38-40-42-44-46-48-50-52-54-56-58-66(79)75-62(63(78)57-55-53-51-49-47-45-43-41-39-37-24-22-20-18-16-14-12-10-8-6-4-2)61-85-73-71(84)69(82)72(65(60-77)87-73)88-74-70(83)68(81)67(80)64(59-76)86-74/h5,7,11,13,17,19,23,25,27-28,30-31,33-34,36,38-39,41-42,44,47-50,55,57,62-65,67-74,76-78,80-84H,3-4,6,8-10,12,14-16,18,20-22,24,26,29,32,35,37,40,43,45-46,51-54,56,58-61H2,1-2H3,(H,75,79)/b7-5-,13-11-,19-17-,25-23-,28-27-,31-30-,34-33-,38-36-,41-39+,44-42-,49-47+,50-48-,57-55+. The Hall–Kier alpha value is -4.39. The molecule has 0 aromatic heterocycles. The lowest BCUT2D eigenvalue weighted by Gasteiger charge is -2.46. The number of nitrogens with one attached hydrogen (secondary N) is 1. The number of ether oxygens (including phenoxy) is 4. The molecule has 2 aliphatic rings. The van der Waals surface area contributed by atoms with Gasteiger partial charge in [-0.2, -0.15) is 0 Å². The van der Waals surface area contributed by atoms with Gasteiger partial charge >= 0.3 is 0 Å². The number of carbonyl (C=O) groups excluding carboxylic acids is 1. The highest BCUT2D eigenvalue weighted by Gasteiger charge is 2.51. The molecule has 2 saturated heterocycles. The summed E-state index contributed by atoms with van der Waals surface area (Å²) in [5.41, 5.74) is 0. The summed E-state index contributed by atoms with van der Waals surface area (Å²) in [5.74, 6) is -0.302. The molecule has 0 saturated carbocycles. The molecule has 12 unspecified atom stereocenters. The smallest absolute Gasteiger partial charge is 0.220 e. The Morgan fingerprint density at radius 3 is 1.25 bits per heavy atom. The Balaban J connectivity index is 1.76. The number of rotatable bonds is 52. The zero-order valence-electron chi connectivity index (χ0n) is 53.9. The molecular weight excluding hydrogens is 1110 g/mol. The summed E-state index contributed by atoms with van der Waals surface area (Å²) < 4.78 is 22.8. The Bertz CT molecular complexity index is 2080. The first kappa shape index (κ1) is 79.7. The van der Waals surface area contributed by atoms with Gasteiger partial charge in [-0.25, -0.2) is 0 Å². The van der Waals surface area contributed by atoms with Crippen LogP contribution in [-0.4, -0.2) is 140 Å². The van der Waals surface area contributed by atoms with E-state index in [-0.39, 0.29) is 18.9 Å². The third-order valence-corrected chi connectivity index (χ3v) is 15.2. The van der Waals surface area contributed by atoms with Gasteiger partial charge in [-0.15, -0.1) is 0 Å². The molecule has 2 aliphatic heterocycles. The van der Waals surface area contributed by atoms with Gasteiger partial charge < -0.3 is 65.1 Å². The van der Waals surface area contributed by atoms with Gasteiger partial charge in [0.05, 0.1) is 32.0 Å². The number of carbonyl (C=O) groups is 1. The van der Waals surface area contributed by atoms with Crippen LogP contribution in [-0.2, 0) is 23.7 Å². The predicted molar refractivity (Wildman–Crippen MR) is 359 cm³/mol. The molecule has 12 atom stereocenters. The first-order chi connectivity index (χ1) is 43.1. The third-order valence-electron chi connectivity index (χ3n) is 15.2. The van der Waals surface area contributed by atoms with Crippen LogP contribution < -0.4 is 5.32 Å². The van der Waals surface area contributed by atoms with Crippen LogP contribution in [0.25, 0.3) is 0 Å². The van der Waals surface area contributed by atoms with E-state index in [2.05, 4.69) is 165 Å². The SMILES string of the molecule is CC/C=C\C/C=C\C/C=C\C/C=C\C/C=C\C/C=C\C/C=C\C/C=C\C/C=C\C/C=C\CCCCC(=O)NC(COC1OC(CO)C(OC2OC(CO)C(O)C(O)C2O)C(O)C1O)C(O)/C=C/CC/C=C/CC/C=C/CCCCCCCCCCCCC. The van der Waals surface area contributed by atoms with Crippen LogP contribution in [0.3, 0.4) is 0 Å². The number of hydrogen-bond donors (Lipinski definition) is 9. The normalized spacial score (nSPS) is 24.2. The van der Waals surface area contributed by atoms with Crippen molar-refractivity contribution in [3.05, 3.63) is 158 Å². The number of hydrogen-bond acceptors (Lipinski definition) is 13. The lowest BCUT2D eigenvalue weighted by molar-refractivity contribution is -0.359. The summed E-state index contributed by atoms with van der Waals surface area (Å²) in [4.78, 5) is 13.3. The molecule has 1 amide bonds. The third kappa shape index (κ3) is 40.4. The Morgan fingerprint density at radius 1 is 0.420 bits per heavy atom. The summed E-state index contributed by atoms with van der Waals surface area (Å²) in [6.45, 7) is 2.62. The molecule has 0 bridgehead atoms. The van der Waals surface area contributed by atoms with Crippen molar-refractivity contribution in [3.63, 3.8) is 0 Å². The van der Waals surface area contributed by atoms with Crippen LogP contribution in [0, 0.1) is 0 Å². The van der Waals surface area contributed by atoms with E-state index < -0.39 is 86.8 Å². The van der Waals surface area contributed by atoms with E-state index in [0.717, 1.165) is 103 Å². The fraction of sp³-hybridized carbons (Fsp3) is 0.635. The second-order valence-corrected chi connectivity index (χ2v) is 22.8. The Labute approximate surface area is 531 Å². The molecule has 2 fully saturated rings. The lowest BCUT2D eigenvalue weighted by atomic mass is 9.97. The summed E-state index contributed by atoms with van der Waals surface area (Å²) in [6, 6.07) is -0.975. The quantitative estimate of drug-likeness (QED) is 0.0204. The molecule has 0 aromatic rings. The van der Waals surface area contributed by atoms with Gasteiger partial charge in [0.15, 0.2) is 12.6 Å². The highest BCUT2D eigenvalue weighted by atomic mass is 16.7. The minimum absolute atomic E-state index is 0.203. The van der Waals surface area contributed by atoms with Crippen LogP contribution in [0.1, 0.15) is 206 Å². The van der Waals surface area contributed by atoms with Crippen LogP contribution in [0.2, 0.25) is 0 Å². The lowest BCUT2D eigenvalue weighted by Crippen LogP contribution is -2.65. The molecule has 0 spiro atoms. The molecule has 0 aromatic carbocycles. The summed E-state index contributed by atoms with van der Waals surface area (Å²) in [7, 11) is 0.